The van der Waals surface area contributed by atoms with Crippen LogP contribution in [0.2, 0.25) is 0 Å². The Morgan fingerprint density at radius 2 is 0.821 bits per heavy atom. The Bertz CT molecular complexity index is 2100. The van der Waals surface area contributed by atoms with E-state index in [0.717, 1.165) is 25.9 Å². The van der Waals surface area contributed by atoms with Gasteiger partial charge in [-0.15, -0.1) is 0 Å². The molecule has 4 aliphatic rings. The van der Waals surface area contributed by atoms with Gasteiger partial charge in [-0.2, -0.15) is 0 Å². The summed E-state index contributed by atoms with van der Waals surface area (Å²) in [6, 6.07) is 24.1. The maximum Gasteiger partial charge on any atom is 0.196 e. The van der Waals surface area contributed by atoms with Gasteiger partial charge in [0, 0.05) is 109 Å². The van der Waals surface area contributed by atoms with Crippen LogP contribution in [0.5, 0.6) is 0 Å². The van der Waals surface area contributed by atoms with E-state index in [-0.39, 0.29) is 36.2 Å². The second kappa shape index (κ2) is 15.9. The fraction of sp³-hybridized carbons (Fsp3) is 0.273. The number of rotatable bonds is 15. The molecule has 0 aromatic heterocycles. The fourth-order valence-electron chi connectivity index (χ4n) is 7.90. The number of hydrogen-bond acceptors (Lipinski definition) is 12. The van der Waals surface area contributed by atoms with Gasteiger partial charge in [-0.05, 0) is 25.0 Å². The molecule has 2 atom stereocenters. The van der Waals surface area contributed by atoms with E-state index in [1.54, 1.807) is 84.9 Å². The summed E-state index contributed by atoms with van der Waals surface area (Å²) in [6.45, 7) is 4.40. The first kappa shape index (κ1) is 36.7. The highest BCUT2D eigenvalue weighted by molar-refractivity contribution is 6.31. The molecule has 2 heterocycles. The molecule has 12 heteroatoms. The standard InChI is InChI=1S/C44H44N6O6/c51-29(23-45-37-15-7-13-35-39(37)43(55)33-11-3-1-9-31(33)41(35)53)25-49-21-19-47(27-49)17-5-6-18-48-20-22-50(28-48)26-30(52)24-46-38-16-8-14-36-40(38)44(56)34-12-4-2-10-32(34)42(36)54/h1-4,7-16,19-22,29-30,45-46,51-52H,5-6,17-18,23-28H2. The van der Waals surface area contributed by atoms with Crippen molar-refractivity contribution in [3.8, 4) is 0 Å². The second-order valence-electron chi connectivity index (χ2n) is 14.7. The van der Waals surface area contributed by atoms with E-state index in [4.69, 9.17) is 0 Å². The topological polar surface area (TPSA) is 146 Å². The van der Waals surface area contributed by atoms with Gasteiger partial charge in [0.2, 0.25) is 0 Å². The molecule has 286 valence electrons. The third-order valence-electron chi connectivity index (χ3n) is 10.7. The first-order chi connectivity index (χ1) is 27.2. The zero-order valence-electron chi connectivity index (χ0n) is 30.9. The van der Waals surface area contributed by atoms with Crippen LogP contribution in [0.15, 0.2) is 110 Å². The van der Waals surface area contributed by atoms with Crippen LogP contribution in [-0.4, -0.2) is 118 Å². The van der Waals surface area contributed by atoms with Crippen LogP contribution >= 0.6 is 0 Å². The Hall–Kier alpha value is -6.24. The van der Waals surface area contributed by atoms with Crippen molar-refractivity contribution in [1.29, 1.82) is 0 Å². The van der Waals surface area contributed by atoms with Crippen molar-refractivity contribution < 1.29 is 29.4 Å². The van der Waals surface area contributed by atoms with Crippen molar-refractivity contribution in [2.75, 3.05) is 63.2 Å². The lowest BCUT2D eigenvalue weighted by Crippen LogP contribution is -2.36. The van der Waals surface area contributed by atoms with Gasteiger partial charge >= 0.3 is 0 Å². The van der Waals surface area contributed by atoms with Crippen molar-refractivity contribution in [3.05, 3.63) is 154 Å². The smallest absolute Gasteiger partial charge is 0.196 e. The van der Waals surface area contributed by atoms with E-state index in [1.165, 1.54) is 0 Å². The average Bonchev–Trinajstić information content (AvgIpc) is 3.87. The number of anilines is 2. The molecule has 0 saturated heterocycles. The lowest BCUT2D eigenvalue weighted by atomic mass is 9.83. The molecule has 2 unspecified atom stereocenters. The van der Waals surface area contributed by atoms with Crippen LogP contribution in [0.4, 0.5) is 11.4 Å². The summed E-state index contributed by atoms with van der Waals surface area (Å²) in [6.07, 6.45) is 8.62. The molecule has 56 heavy (non-hydrogen) atoms. The molecule has 0 fully saturated rings. The summed E-state index contributed by atoms with van der Waals surface area (Å²) in [5, 5.41) is 28.1. The van der Waals surface area contributed by atoms with Gasteiger partial charge in [0.15, 0.2) is 23.1 Å². The first-order valence-corrected chi connectivity index (χ1v) is 19.0. The molecule has 0 spiro atoms. The monoisotopic (exact) mass is 752 g/mol. The highest BCUT2D eigenvalue weighted by Gasteiger charge is 2.33. The van der Waals surface area contributed by atoms with Gasteiger partial charge in [-0.25, -0.2) is 0 Å². The zero-order chi connectivity index (χ0) is 38.8. The molecule has 4 aromatic rings. The van der Waals surface area contributed by atoms with Gasteiger partial charge in [0.25, 0.3) is 0 Å². The van der Waals surface area contributed by atoms with Crippen molar-refractivity contribution in [1.82, 2.24) is 19.6 Å². The predicted molar refractivity (Wildman–Crippen MR) is 213 cm³/mol. The Kier molecular flexibility index (Phi) is 10.4. The number of carbonyl (C=O) groups excluding carboxylic acids is 4. The quantitative estimate of drug-likeness (QED) is 0.111. The summed E-state index contributed by atoms with van der Waals surface area (Å²) in [7, 11) is 0. The summed E-state index contributed by atoms with van der Waals surface area (Å²) in [4.78, 5) is 61.3. The number of nitrogens with zero attached hydrogens (tertiary/aromatic N) is 4. The van der Waals surface area contributed by atoms with E-state index in [2.05, 4.69) is 30.2 Å². The Morgan fingerprint density at radius 3 is 1.23 bits per heavy atom. The van der Waals surface area contributed by atoms with Crippen molar-refractivity contribution in [2.45, 2.75) is 25.0 Å². The molecule has 2 aliphatic carbocycles. The van der Waals surface area contributed by atoms with Gasteiger partial charge in [-0.1, -0.05) is 72.8 Å². The summed E-state index contributed by atoms with van der Waals surface area (Å²) >= 11 is 0. The molecule has 12 nitrogen and oxygen atoms in total. The third kappa shape index (κ3) is 7.40. The molecule has 8 rings (SSSR count). The van der Waals surface area contributed by atoms with Crippen LogP contribution in [0, 0.1) is 0 Å². The molecule has 2 aliphatic heterocycles. The molecule has 0 amide bonds. The minimum atomic E-state index is -0.701. The number of fused-ring (bicyclic) bond motifs is 4. The van der Waals surface area contributed by atoms with Crippen LogP contribution in [0.25, 0.3) is 0 Å². The summed E-state index contributed by atoms with van der Waals surface area (Å²) in [5.74, 6) is -0.726. The average molecular weight is 753 g/mol. The second-order valence-corrected chi connectivity index (χ2v) is 14.7. The summed E-state index contributed by atoms with van der Waals surface area (Å²) < 4.78 is 0. The molecular weight excluding hydrogens is 709 g/mol. The number of nitrogens with one attached hydrogen (secondary N) is 2. The number of hydrogen-bond donors (Lipinski definition) is 4. The lowest BCUT2D eigenvalue weighted by molar-refractivity contribution is 0.0979. The van der Waals surface area contributed by atoms with Gasteiger partial charge in [-0.3, -0.25) is 19.2 Å². The normalized spacial score (nSPS) is 16.5. The van der Waals surface area contributed by atoms with E-state index in [0.29, 0.717) is 82.3 Å². The van der Waals surface area contributed by atoms with E-state index >= 15 is 0 Å². The maximum atomic E-state index is 13.3. The highest BCUT2D eigenvalue weighted by Crippen LogP contribution is 2.33. The largest absolute Gasteiger partial charge is 0.389 e. The highest BCUT2D eigenvalue weighted by atomic mass is 16.3. The van der Waals surface area contributed by atoms with Crippen LogP contribution in [-0.2, 0) is 0 Å². The molecule has 4 aromatic carbocycles. The van der Waals surface area contributed by atoms with Crippen molar-refractivity contribution >= 4 is 34.5 Å². The molecule has 0 bridgehead atoms. The van der Waals surface area contributed by atoms with Crippen LogP contribution in [0.3, 0.4) is 0 Å². The Labute approximate surface area is 325 Å². The predicted octanol–water partition coefficient (Wildman–Crippen LogP) is 4.36. The zero-order valence-corrected chi connectivity index (χ0v) is 30.9. The lowest BCUT2D eigenvalue weighted by Gasteiger charge is -2.26. The number of ketones is 4. The number of β-amino-alcohol motifs (C(OH)–C–C–N with tert-alkyl or cyclic N) is 2. The molecule has 4 N–H and O–H groups in total. The number of aliphatic hydroxyl groups is 2. The Morgan fingerprint density at radius 1 is 0.464 bits per heavy atom. The van der Waals surface area contributed by atoms with Gasteiger partial charge < -0.3 is 40.4 Å². The van der Waals surface area contributed by atoms with Gasteiger partial charge in [0.1, 0.15) is 0 Å². The number of unbranched alkanes of at least 4 members (excludes halogenated alkanes) is 1. The van der Waals surface area contributed by atoms with Crippen molar-refractivity contribution in [2.24, 2.45) is 0 Å². The minimum absolute atomic E-state index is 0.170. The maximum absolute atomic E-state index is 13.3. The molecular formula is C44H44N6O6. The van der Waals surface area contributed by atoms with E-state index in [1.807, 2.05) is 24.8 Å². The number of carbonyl (C=O) groups is 4. The SMILES string of the molecule is O=C1c2ccccc2C(=O)c2c(NCC(O)CN3C=CN(CCCCN4C=CN(CC(O)CNc5cccc6c5C(=O)c5ccccc5C6=O)C4)C3)cccc21. The summed E-state index contributed by atoms with van der Waals surface area (Å²) in [5.41, 5.74) is 4.18. The van der Waals surface area contributed by atoms with Crippen molar-refractivity contribution in [3.63, 3.8) is 0 Å². The van der Waals surface area contributed by atoms with E-state index in [9.17, 15) is 29.4 Å². The van der Waals surface area contributed by atoms with Gasteiger partial charge in [0.05, 0.1) is 36.7 Å². The molecule has 0 radical (unpaired) electrons. The fourth-order valence-corrected chi connectivity index (χ4v) is 7.90. The third-order valence-corrected chi connectivity index (χ3v) is 10.7. The Balaban J connectivity index is 0.723. The van der Waals surface area contributed by atoms with E-state index < -0.39 is 12.2 Å². The van der Waals surface area contributed by atoms with Crippen LogP contribution in [0.1, 0.15) is 76.5 Å². The number of aliphatic hydroxyl groups excluding tert-OH is 2. The number of benzene rings is 4. The van der Waals surface area contributed by atoms with Crippen LogP contribution < -0.4 is 10.6 Å². The molecule has 0 saturated carbocycles. The minimum Gasteiger partial charge on any atom is -0.389 e. The first-order valence-electron chi connectivity index (χ1n) is 19.0.